The van der Waals surface area contributed by atoms with Crippen LogP contribution in [0.5, 0.6) is 0 Å². The van der Waals surface area contributed by atoms with Gasteiger partial charge in [0, 0.05) is 128 Å². The monoisotopic (exact) mass is 1360 g/mol. The molecular formula is C60H66Cl2Fe2N14O12. The number of aliphatic imine (C=N–C) groups is 2. The second kappa shape index (κ2) is 55.0. The summed E-state index contributed by atoms with van der Waals surface area (Å²) in [6.07, 6.45) is 7.14. The van der Waals surface area contributed by atoms with Gasteiger partial charge in [-0.3, -0.25) is 39.7 Å². The summed E-state index contributed by atoms with van der Waals surface area (Å²) in [6, 6.07) is 53.2. The number of hydrogen-bond acceptors (Lipinski definition) is 25. The number of nitriles is 4. The number of pyridine rings is 6. The standard InChI is InChI=1S/2C24H23N5O.C4H10O.4C2H3N.2ClHO4.2Fe.O/c2*30-24(23-12-11-19-7-1-2-10-22(19)28-23)27-15-16-29(17-20-8-3-5-13-25-20)18-21-9-4-6-14-26-21;1-3-5-4-2;4*1-2-3;2*2-1(3,4)5;;;/h2*1-14H,15-18H2,(H,27,30);3-4H2,1-2H3;4*1H3;2*(H,2,3,4,5);;;/q;;;;;;;;;2*+3;-2/p-4. The summed E-state index contributed by atoms with van der Waals surface area (Å²) in [5, 5.41) is 56.3. The van der Waals surface area contributed by atoms with Crippen LogP contribution in [0.15, 0.2) is 180 Å². The first-order valence-corrected chi connectivity index (χ1v) is 28.3. The summed E-state index contributed by atoms with van der Waals surface area (Å²) in [5.41, 5.74) is 6.21. The number of ether oxygens (including phenoxy) is 1. The van der Waals surface area contributed by atoms with Crippen molar-refractivity contribution in [3.8, 4) is 24.3 Å². The molecule has 0 N–H and O–H groups in total. The van der Waals surface area contributed by atoms with Crippen LogP contribution in [0.25, 0.3) is 21.8 Å². The van der Waals surface area contributed by atoms with Crippen molar-refractivity contribution >= 4 is 33.6 Å². The fourth-order valence-electron chi connectivity index (χ4n) is 6.63. The maximum Gasteiger partial charge on any atom is 3.00 e. The average molecular weight is 1360 g/mol. The van der Waals surface area contributed by atoms with Gasteiger partial charge in [-0.05, 0) is 86.6 Å². The minimum atomic E-state index is -4.94. The van der Waals surface area contributed by atoms with Crippen LogP contribution in [0.1, 0.15) is 75.7 Å². The largest absolute Gasteiger partial charge is 3.00 e. The summed E-state index contributed by atoms with van der Waals surface area (Å²) in [6.45, 7) is 16.0. The third-order valence-electron chi connectivity index (χ3n) is 9.83. The van der Waals surface area contributed by atoms with E-state index in [2.05, 4.69) is 49.7 Å². The zero-order valence-electron chi connectivity index (χ0n) is 49.9. The number of aromatic nitrogens is 6. The molecule has 0 saturated heterocycles. The van der Waals surface area contributed by atoms with Crippen molar-refractivity contribution in [2.75, 3.05) is 39.4 Å². The maximum absolute atomic E-state index is 12.5. The second-order valence-electron chi connectivity index (χ2n) is 16.3. The van der Waals surface area contributed by atoms with Crippen LogP contribution in [-0.4, -0.2) is 90.9 Å². The normalized spacial score (nSPS) is 10.0. The Kier molecular flexibility index (Phi) is 54.0. The minimum Gasteiger partial charge on any atom is -2.00 e. The number of rotatable bonds is 18. The van der Waals surface area contributed by atoms with Gasteiger partial charge in [0.2, 0.25) is 0 Å². The number of benzene rings is 2. The molecule has 0 atom stereocenters. The number of hydrogen-bond donors (Lipinski definition) is 0. The molecule has 2 aromatic carbocycles. The number of halogens is 2. The predicted molar refractivity (Wildman–Crippen MR) is 299 cm³/mol. The minimum absolute atomic E-state index is 0. The Labute approximate surface area is 549 Å². The molecule has 6 heterocycles. The Bertz CT molecular complexity index is 2990. The summed E-state index contributed by atoms with van der Waals surface area (Å²) in [7, 11) is -9.89. The maximum atomic E-state index is 12.5. The molecule has 0 saturated carbocycles. The van der Waals surface area contributed by atoms with Gasteiger partial charge in [-0.15, -0.1) is 20.5 Å². The molecule has 0 unspecified atom stereocenters. The Morgan fingerprint density at radius 3 is 0.900 bits per heavy atom. The van der Waals surface area contributed by atoms with E-state index in [9.17, 15) is 10.2 Å². The number of fused-ring (bicyclic) bond motifs is 2. The van der Waals surface area contributed by atoms with Gasteiger partial charge >= 0.3 is 34.1 Å². The second-order valence-corrected chi connectivity index (χ2v) is 17.8. The van der Waals surface area contributed by atoms with Gasteiger partial charge in [0.05, 0.1) is 82.6 Å². The fraction of sp³-hybridized carbons (Fsp3) is 0.267. The van der Waals surface area contributed by atoms with Crippen molar-refractivity contribution < 1.29 is 112 Å². The number of nitrogens with zero attached hydrogens (tertiary/aromatic N) is 14. The van der Waals surface area contributed by atoms with Crippen molar-refractivity contribution in [1.29, 1.82) is 21.0 Å². The van der Waals surface area contributed by atoms with E-state index in [-0.39, 0.29) is 51.4 Å². The number of para-hydroxylation sites is 2. The van der Waals surface area contributed by atoms with Gasteiger partial charge in [-0.25, -0.2) is 47.2 Å². The van der Waals surface area contributed by atoms with Crippen molar-refractivity contribution in [2.24, 2.45) is 9.98 Å². The molecular weight excluding hydrogens is 1290 g/mol. The smallest absolute Gasteiger partial charge is 2.00 e. The first-order valence-electron chi connectivity index (χ1n) is 25.9. The third kappa shape index (κ3) is 47.9. The van der Waals surface area contributed by atoms with Gasteiger partial charge in [-0.1, -0.05) is 72.8 Å². The molecule has 0 spiro atoms. The van der Waals surface area contributed by atoms with Crippen LogP contribution in [0, 0.1) is 65.8 Å². The van der Waals surface area contributed by atoms with Crippen molar-refractivity contribution in [3.05, 3.63) is 205 Å². The van der Waals surface area contributed by atoms with E-state index in [1.165, 1.54) is 27.7 Å². The molecule has 26 nitrogen and oxygen atoms in total. The van der Waals surface area contributed by atoms with E-state index >= 15 is 0 Å². The molecule has 2 radical (unpaired) electrons. The van der Waals surface area contributed by atoms with E-state index in [1.54, 1.807) is 61.2 Å². The molecule has 0 amide bonds. The van der Waals surface area contributed by atoms with Gasteiger partial charge < -0.3 is 20.4 Å². The van der Waals surface area contributed by atoms with Crippen LogP contribution in [0.2, 0.25) is 0 Å². The van der Waals surface area contributed by atoms with Gasteiger partial charge in [-0.2, -0.15) is 21.0 Å². The van der Waals surface area contributed by atoms with Crippen molar-refractivity contribution in [2.45, 2.75) is 67.7 Å². The van der Waals surface area contributed by atoms with Crippen molar-refractivity contribution in [1.82, 2.24) is 39.7 Å². The summed E-state index contributed by atoms with van der Waals surface area (Å²) < 4.78 is 72.8. The molecule has 0 aliphatic heterocycles. The van der Waals surface area contributed by atoms with E-state index < -0.39 is 20.5 Å². The van der Waals surface area contributed by atoms with Crippen LogP contribution < -0.4 is 47.5 Å². The van der Waals surface area contributed by atoms with Crippen LogP contribution >= 0.6 is 0 Å². The van der Waals surface area contributed by atoms with Gasteiger partial charge in [0.1, 0.15) is 0 Å². The van der Waals surface area contributed by atoms with Gasteiger partial charge in [0.15, 0.2) is 0 Å². The third-order valence-corrected chi connectivity index (χ3v) is 9.83. The van der Waals surface area contributed by atoms with Crippen molar-refractivity contribution in [3.63, 3.8) is 0 Å². The van der Waals surface area contributed by atoms with E-state index in [0.29, 0.717) is 63.7 Å². The first kappa shape index (κ1) is 88.3. The molecule has 8 aromatic rings. The predicted octanol–water partition coefficient (Wildman–Crippen LogP) is -0.805. The molecule has 0 aliphatic carbocycles. The Balaban J connectivity index is -0.000000573. The molecule has 30 heteroatoms. The topological polar surface area (TPSA) is 472 Å². The van der Waals surface area contributed by atoms with E-state index in [0.717, 1.165) is 57.8 Å². The van der Waals surface area contributed by atoms with Crippen LogP contribution in [0.3, 0.4) is 0 Å². The molecule has 6 aromatic heterocycles. The molecule has 0 bridgehead atoms. The SMILES string of the molecule is CC#N.CC#N.CC#N.CC#N.CCOCC.[Fe+3].[Fe+3].[O-2].[O-]C(=NCCN(Cc1ccccn1)Cc1ccccn1)c1ccc2ccccc2n1.[O-]C(=NCCN(Cc1ccccn1)Cc1ccccn1)c1ccc2ccccc2n1.[O-][Cl+3]([O-])([O-])[O-].[O-][Cl+3]([O-])([O-])[O-]. The van der Waals surface area contributed by atoms with E-state index in [1.807, 2.05) is 147 Å². The van der Waals surface area contributed by atoms with Gasteiger partial charge in [0.25, 0.3) is 0 Å². The Hall–Kier alpha value is -8.10. The average Bonchev–Trinajstić information content (AvgIpc) is 1.14. The fourth-order valence-corrected chi connectivity index (χ4v) is 6.63. The molecule has 478 valence electrons. The van der Waals surface area contributed by atoms with Crippen LogP contribution in [0.4, 0.5) is 0 Å². The Morgan fingerprint density at radius 2 is 0.678 bits per heavy atom. The van der Waals surface area contributed by atoms with E-state index in [4.69, 9.17) is 63.1 Å². The molecule has 90 heavy (non-hydrogen) atoms. The quantitative estimate of drug-likeness (QED) is 0.0576. The molecule has 0 fully saturated rings. The molecule has 0 aliphatic rings. The zero-order valence-corrected chi connectivity index (χ0v) is 53.6. The first-order chi connectivity index (χ1) is 41.6. The summed E-state index contributed by atoms with van der Waals surface area (Å²) in [4.78, 5) is 39.4. The molecule has 8 rings (SSSR count). The summed E-state index contributed by atoms with van der Waals surface area (Å²) >= 11 is 0. The zero-order chi connectivity index (χ0) is 65.1. The summed E-state index contributed by atoms with van der Waals surface area (Å²) in [5.74, 6) is -0.590. The van der Waals surface area contributed by atoms with Crippen LogP contribution in [-0.2, 0) is 70.5 Å². The Morgan fingerprint density at radius 1 is 0.433 bits per heavy atom.